The van der Waals surface area contributed by atoms with Crippen molar-refractivity contribution in [3.05, 3.63) is 60.6 Å². The largest absolute Gasteiger partial charge is 0.496 e. The number of methoxy groups -OCH3 is 1. The summed E-state index contributed by atoms with van der Waals surface area (Å²) >= 11 is 18.4. The summed E-state index contributed by atoms with van der Waals surface area (Å²) in [4.78, 5) is 0. The van der Waals surface area contributed by atoms with Gasteiger partial charge in [-0.2, -0.15) is 0 Å². The van der Waals surface area contributed by atoms with Crippen LogP contribution >= 0.6 is 61.7 Å². The lowest BCUT2D eigenvalue weighted by Gasteiger charge is -2.16. The molecule has 5 heteroatoms. The van der Waals surface area contributed by atoms with Gasteiger partial charge in [-0.1, -0.05) is 27.5 Å². The summed E-state index contributed by atoms with van der Waals surface area (Å²) in [6.07, 6.45) is 0. The van der Waals surface area contributed by atoms with Gasteiger partial charge in [-0.15, -0.1) is 11.6 Å². The molecule has 2 rings (SSSR count). The molecule has 1 nitrogen and oxygen atoms in total. The normalized spacial score (nSPS) is 12.3. The van der Waals surface area contributed by atoms with E-state index in [4.69, 9.17) is 27.9 Å². The zero-order valence-electron chi connectivity index (χ0n) is 9.96. The second-order valence-corrected chi connectivity index (χ2v) is 6.87. The van der Waals surface area contributed by atoms with Crippen LogP contribution < -0.4 is 4.74 Å². The smallest absolute Gasteiger partial charge is 0.123 e. The molecule has 1 unspecified atom stereocenters. The van der Waals surface area contributed by atoms with Crippen molar-refractivity contribution in [3.8, 4) is 5.75 Å². The van der Waals surface area contributed by atoms with Gasteiger partial charge in [0.15, 0.2) is 0 Å². The van der Waals surface area contributed by atoms with Crippen LogP contribution in [0.3, 0.4) is 0 Å². The average molecular weight is 472 g/mol. The molecule has 0 heterocycles. The lowest BCUT2D eigenvalue weighted by atomic mass is 10.0. The molecule has 0 aliphatic carbocycles. The minimum absolute atomic E-state index is 0.307. The highest BCUT2D eigenvalue weighted by Crippen LogP contribution is 2.39. The van der Waals surface area contributed by atoms with E-state index >= 15 is 0 Å². The molecule has 0 bridgehead atoms. The highest BCUT2D eigenvalue weighted by molar-refractivity contribution is 14.1. The summed E-state index contributed by atoms with van der Waals surface area (Å²) in [5.74, 6) is 0.763. The molecule has 0 N–H and O–H groups in total. The number of halogens is 4. The lowest BCUT2D eigenvalue weighted by molar-refractivity contribution is 0.410. The van der Waals surface area contributed by atoms with Crippen LogP contribution in [0.4, 0.5) is 0 Å². The van der Waals surface area contributed by atoms with Crippen LogP contribution in [0.25, 0.3) is 0 Å². The van der Waals surface area contributed by atoms with Gasteiger partial charge in [0.1, 0.15) is 5.75 Å². The fourth-order valence-corrected chi connectivity index (χ4v) is 3.52. The summed E-state index contributed by atoms with van der Waals surface area (Å²) in [5, 5.41) is 0.369. The maximum absolute atomic E-state index is 6.60. The van der Waals surface area contributed by atoms with Gasteiger partial charge in [0.2, 0.25) is 0 Å². The zero-order chi connectivity index (χ0) is 14.0. The van der Waals surface area contributed by atoms with E-state index in [1.54, 1.807) is 7.11 Å². The molecule has 0 aliphatic rings. The average Bonchev–Trinajstić information content (AvgIpc) is 2.40. The van der Waals surface area contributed by atoms with Crippen molar-refractivity contribution in [3.63, 3.8) is 0 Å². The van der Waals surface area contributed by atoms with Gasteiger partial charge < -0.3 is 4.74 Å². The van der Waals surface area contributed by atoms with Gasteiger partial charge in [0, 0.05) is 18.6 Å². The van der Waals surface area contributed by atoms with Crippen LogP contribution in [0.1, 0.15) is 16.5 Å². The monoisotopic (exact) mass is 470 g/mol. The van der Waals surface area contributed by atoms with E-state index in [0.717, 1.165) is 24.9 Å². The van der Waals surface area contributed by atoms with E-state index in [0.29, 0.717) is 5.02 Å². The van der Waals surface area contributed by atoms with Crippen LogP contribution in [-0.4, -0.2) is 7.11 Å². The number of ether oxygens (including phenoxy) is 1. The van der Waals surface area contributed by atoms with E-state index in [1.165, 1.54) is 0 Å². The van der Waals surface area contributed by atoms with E-state index in [-0.39, 0.29) is 5.38 Å². The number of hydrogen-bond donors (Lipinski definition) is 0. The fourth-order valence-electron chi connectivity index (χ4n) is 1.78. The first kappa shape index (κ1) is 15.4. The van der Waals surface area contributed by atoms with Gasteiger partial charge >= 0.3 is 0 Å². The molecule has 0 amide bonds. The van der Waals surface area contributed by atoms with Crippen molar-refractivity contribution in [2.24, 2.45) is 0 Å². The Morgan fingerprint density at radius 2 is 1.89 bits per heavy atom. The highest BCUT2D eigenvalue weighted by Gasteiger charge is 2.18. The standard InChI is InChI=1S/C14H10BrCl2IO/c1-19-13-5-2-8(15)6-11(13)14(17)10-7-9(16)3-4-12(10)18/h2-7,14H,1H3. The zero-order valence-corrected chi connectivity index (χ0v) is 15.2. The minimum atomic E-state index is -0.307. The Labute approximate surface area is 144 Å². The van der Waals surface area contributed by atoms with Gasteiger partial charge in [0.05, 0.1) is 12.5 Å². The molecule has 19 heavy (non-hydrogen) atoms. The molecule has 0 saturated carbocycles. The van der Waals surface area contributed by atoms with Crippen molar-refractivity contribution in [2.45, 2.75) is 5.38 Å². The van der Waals surface area contributed by atoms with Crippen molar-refractivity contribution in [1.82, 2.24) is 0 Å². The van der Waals surface area contributed by atoms with Crippen molar-refractivity contribution >= 4 is 61.7 Å². The molecule has 0 aromatic heterocycles. The predicted molar refractivity (Wildman–Crippen MR) is 92.6 cm³/mol. The maximum Gasteiger partial charge on any atom is 0.123 e. The van der Waals surface area contributed by atoms with E-state index < -0.39 is 0 Å². The minimum Gasteiger partial charge on any atom is -0.496 e. The quantitative estimate of drug-likeness (QED) is 0.391. The molecule has 2 aromatic rings. The number of benzene rings is 2. The number of alkyl halides is 1. The second kappa shape index (κ2) is 6.66. The molecular weight excluding hydrogens is 462 g/mol. The number of rotatable bonds is 3. The first-order chi connectivity index (χ1) is 9.02. The summed E-state index contributed by atoms with van der Waals surface area (Å²) in [5.41, 5.74) is 1.89. The lowest BCUT2D eigenvalue weighted by Crippen LogP contribution is -1.99. The summed E-state index contributed by atoms with van der Waals surface area (Å²) in [6.45, 7) is 0. The highest BCUT2D eigenvalue weighted by atomic mass is 127. The summed E-state index contributed by atoms with van der Waals surface area (Å²) in [7, 11) is 1.64. The Morgan fingerprint density at radius 1 is 1.16 bits per heavy atom. The molecule has 0 saturated heterocycles. The first-order valence-corrected chi connectivity index (χ1v) is 8.14. The van der Waals surface area contributed by atoms with Crippen LogP contribution in [-0.2, 0) is 0 Å². The third-order valence-corrected chi connectivity index (χ3v) is 4.88. The molecule has 0 fully saturated rings. The Morgan fingerprint density at radius 3 is 2.58 bits per heavy atom. The molecule has 0 aliphatic heterocycles. The van der Waals surface area contributed by atoms with Gasteiger partial charge in [0.25, 0.3) is 0 Å². The Kier molecular flexibility index (Phi) is 5.40. The van der Waals surface area contributed by atoms with Crippen molar-refractivity contribution in [1.29, 1.82) is 0 Å². The van der Waals surface area contributed by atoms with Gasteiger partial charge in [-0.05, 0) is 64.6 Å². The molecule has 0 spiro atoms. The van der Waals surface area contributed by atoms with Crippen LogP contribution in [0, 0.1) is 3.57 Å². The van der Waals surface area contributed by atoms with Gasteiger partial charge in [-0.25, -0.2) is 0 Å². The topological polar surface area (TPSA) is 9.23 Å². The van der Waals surface area contributed by atoms with Crippen LogP contribution in [0.2, 0.25) is 5.02 Å². The first-order valence-electron chi connectivity index (χ1n) is 5.45. The van der Waals surface area contributed by atoms with E-state index in [9.17, 15) is 0 Å². The summed E-state index contributed by atoms with van der Waals surface area (Å²) in [6, 6.07) is 11.5. The van der Waals surface area contributed by atoms with Crippen LogP contribution in [0.5, 0.6) is 5.75 Å². The Bertz CT molecular complexity index is 604. The third kappa shape index (κ3) is 3.57. The molecule has 2 aromatic carbocycles. The maximum atomic E-state index is 6.60. The van der Waals surface area contributed by atoms with Crippen LogP contribution in [0.15, 0.2) is 40.9 Å². The molecule has 1 atom stereocenters. The van der Waals surface area contributed by atoms with Crippen molar-refractivity contribution in [2.75, 3.05) is 7.11 Å². The fraction of sp³-hybridized carbons (Fsp3) is 0.143. The van der Waals surface area contributed by atoms with E-state index in [2.05, 4.69) is 38.5 Å². The SMILES string of the molecule is COc1ccc(Br)cc1C(Cl)c1cc(Cl)ccc1I. The Hall–Kier alpha value is 0.0300. The second-order valence-electron chi connectivity index (χ2n) is 3.91. The third-order valence-electron chi connectivity index (χ3n) is 2.70. The molecular formula is C14H10BrCl2IO. The predicted octanol–water partition coefficient (Wildman–Crippen LogP) is 6.04. The number of hydrogen-bond acceptors (Lipinski definition) is 1. The molecule has 0 radical (unpaired) electrons. The Balaban J connectivity index is 2.51. The van der Waals surface area contributed by atoms with Gasteiger partial charge in [-0.3, -0.25) is 0 Å². The summed E-state index contributed by atoms with van der Waals surface area (Å²) < 4.78 is 7.41. The van der Waals surface area contributed by atoms with Crippen molar-refractivity contribution < 1.29 is 4.74 Å². The van der Waals surface area contributed by atoms with E-state index in [1.807, 2.05) is 36.4 Å². The molecule has 100 valence electrons.